The van der Waals surface area contributed by atoms with Crippen LogP contribution < -0.4 is 14.8 Å². The van der Waals surface area contributed by atoms with Gasteiger partial charge in [-0.25, -0.2) is 0 Å². The lowest BCUT2D eigenvalue weighted by Gasteiger charge is -2.28. The minimum atomic E-state index is -0.641. The Kier molecular flexibility index (Phi) is 7.49. The molecule has 2 rings (SSSR count). The second-order valence-electron chi connectivity index (χ2n) is 5.90. The number of hydrogen-bond acceptors (Lipinski definition) is 4. The van der Waals surface area contributed by atoms with Gasteiger partial charge in [0.15, 0.2) is 6.61 Å². The number of amides is 2. The summed E-state index contributed by atoms with van der Waals surface area (Å²) in [6.07, 6.45) is 0. The molecule has 1 unspecified atom stereocenters. The number of nitrogens with zero attached hydrogens (tertiary/aromatic N) is 1. The Labute approximate surface area is 164 Å². The van der Waals surface area contributed by atoms with E-state index in [1.165, 1.54) is 11.9 Å². The quantitative estimate of drug-likeness (QED) is 0.752. The molecule has 0 heterocycles. The molecule has 0 aliphatic rings. The van der Waals surface area contributed by atoms with Gasteiger partial charge in [0.25, 0.3) is 5.91 Å². The molecule has 2 aromatic carbocycles. The molecule has 2 amide bonds. The summed E-state index contributed by atoms with van der Waals surface area (Å²) in [6.45, 7) is 1.78. The summed E-state index contributed by atoms with van der Waals surface area (Å²) < 4.78 is 10.7. The Balaban J connectivity index is 2.09. The molecule has 6 nitrogen and oxygen atoms in total. The van der Waals surface area contributed by atoms with Gasteiger partial charge in [-0.05, 0) is 48.9 Å². The second-order valence-corrected chi connectivity index (χ2v) is 6.34. The van der Waals surface area contributed by atoms with E-state index in [0.29, 0.717) is 16.5 Å². The van der Waals surface area contributed by atoms with Crippen LogP contribution in [0.5, 0.6) is 11.5 Å². The summed E-state index contributed by atoms with van der Waals surface area (Å²) in [5, 5.41) is 3.18. The van der Waals surface area contributed by atoms with E-state index in [9.17, 15) is 9.59 Å². The van der Waals surface area contributed by atoms with Crippen molar-refractivity contribution in [3.05, 3.63) is 59.1 Å². The predicted octanol–water partition coefficient (Wildman–Crippen LogP) is 2.89. The molecule has 0 saturated heterocycles. The molecule has 0 aliphatic carbocycles. The van der Waals surface area contributed by atoms with Gasteiger partial charge in [0.05, 0.1) is 7.11 Å². The molecule has 0 aromatic heterocycles. The number of halogens is 1. The Morgan fingerprint density at radius 2 is 1.67 bits per heavy atom. The number of carbonyl (C=O) groups excluding carboxylic acids is 2. The van der Waals surface area contributed by atoms with Crippen LogP contribution in [0.1, 0.15) is 12.5 Å². The van der Waals surface area contributed by atoms with Crippen molar-refractivity contribution in [2.24, 2.45) is 0 Å². The summed E-state index contributed by atoms with van der Waals surface area (Å²) >= 11 is 5.91. The van der Waals surface area contributed by atoms with Crippen LogP contribution in [0, 0.1) is 0 Å². The highest BCUT2D eigenvalue weighted by Gasteiger charge is 2.25. The molecule has 0 radical (unpaired) electrons. The first-order valence-corrected chi connectivity index (χ1v) is 8.84. The van der Waals surface area contributed by atoms with Crippen molar-refractivity contribution in [1.82, 2.24) is 10.2 Å². The van der Waals surface area contributed by atoms with Gasteiger partial charge in [-0.3, -0.25) is 9.59 Å². The number of rotatable bonds is 8. The molecule has 27 heavy (non-hydrogen) atoms. The Bertz CT molecular complexity index is 763. The molecule has 0 bridgehead atoms. The summed E-state index contributed by atoms with van der Waals surface area (Å²) in [4.78, 5) is 26.3. The lowest BCUT2D eigenvalue weighted by Crippen LogP contribution is -2.48. The molecular formula is C20H23ClN2O4. The number of benzene rings is 2. The molecule has 0 aliphatic heterocycles. The first kappa shape index (κ1) is 20.6. The zero-order valence-electron chi connectivity index (χ0n) is 15.6. The molecular weight excluding hydrogens is 368 g/mol. The van der Waals surface area contributed by atoms with E-state index < -0.39 is 6.04 Å². The highest BCUT2D eigenvalue weighted by Crippen LogP contribution is 2.18. The molecule has 0 spiro atoms. The van der Waals surface area contributed by atoms with E-state index in [1.807, 2.05) is 12.1 Å². The highest BCUT2D eigenvalue weighted by atomic mass is 35.5. The van der Waals surface area contributed by atoms with Gasteiger partial charge in [0.2, 0.25) is 5.91 Å². The summed E-state index contributed by atoms with van der Waals surface area (Å²) in [6, 6.07) is 13.4. The summed E-state index contributed by atoms with van der Waals surface area (Å²) in [7, 11) is 3.12. The van der Waals surface area contributed by atoms with Gasteiger partial charge in [0, 0.05) is 18.6 Å². The molecule has 0 fully saturated rings. The van der Waals surface area contributed by atoms with Crippen molar-refractivity contribution in [2.45, 2.75) is 19.5 Å². The van der Waals surface area contributed by atoms with Crippen LogP contribution in [0.25, 0.3) is 0 Å². The van der Waals surface area contributed by atoms with Crippen LogP contribution in [0.3, 0.4) is 0 Å². The fraction of sp³-hybridized carbons (Fsp3) is 0.300. The van der Waals surface area contributed by atoms with Gasteiger partial charge in [-0.1, -0.05) is 23.7 Å². The predicted molar refractivity (Wildman–Crippen MR) is 104 cm³/mol. The number of ether oxygens (including phenoxy) is 2. The van der Waals surface area contributed by atoms with Gasteiger partial charge < -0.3 is 19.7 Å². The fourth-order valence-corrected chi connectivity index (χ4v) is 2.60. The van der Waals surface area contributed by atoms with Crippen LogP contribution in [0.4, 0.5) is 0 Å². The maximum Gasteiger partial charge on any atom is 0.261 e. The monoisotopic (exact) mass is 390 g/mol. The minimum Gasteiger partial charge on any atom is -0.497 e. The van der Waals surface area contributed by atoms with Crippen LogP contribution in [-0.4, -0.2) is 43.5 Å². The topological polar surface area (TPSA) is 67.9 Å². The van der Waals surface area contributed by atoms with Crippen LogP contribution in [-0.2, 0) is 16.1 Å². The zero-order valence-corrected chi connectivity index (χ0v) is 16.3. The third-order valence-electron chi connectivity index (χ3n) is 4.10. The lowest BCUT2D eigenvalue weighted by atomic mass is 10.1. The SMILES string of the molecule is CNC(=O)C(C)N(Cc1ccc(Cl)cc1)C(=O)COc1ccc(OC)cc1. The van der Waals surface area contributed by atoms with Gasteiger partial charge in [0.1, 0.15) is 17.5 Å². The minimum absolute atomic E-state index is 0.179. The van der Waals surface area contributed by atoms with Crippen molar-refractivity contribution in [2.75, 3.05) is 20.8 Å². The third-order valence-corrected chi connectivity index (χ3v) is 4.35. The van der Waals surface area contributed by atoms with E-state index >= 15 is 0 Å². The Morgan fingerprint density at radius 3 is 2.22 bits per heavy atom. The molecule has 1 N–H and O–H groups in total. The Hall–Kier alpha value is -2.73. The van der Waals surface area contributed by atoms with E-state index in [0.717, 1.165) is 5.56 Å². The number of hydrogen-bond donors (Lipinski definition) is 1. The van der Waals surface area contributed by atoms with Gasteiger partial charge in [-0.15, -0.1) is 0 Å². The fourth-order valence-electron chi connectivity index (χ4n) is 2.48. The van der Waals surface area contributed by atoms with Crippen molar-refractivity contribution in [3.63, 3.8) is 0 Å². The molecule has 2 aromatic rings. The van der Waals surface area contributed by atoms with Crippen LogP contribution in [0.15, 0.2) is 48.5 Å². The first-order valence-electron chi connectivity index (χ1n) is 8.47. The Morgan fingerprint density at radius 1 is 1.07 bits per heavy atom. The lowest BCUT2D eigenvalue weighted by molar-refractivity contribution is -0.142. The zero-order chi connectivity index (χ0) is 19.8. The summed E-state index contributed by atoms with van der Waals surface area (Å²) in [5.74, 6) is 0.702. The molecule has 0 saturated carbocycles. The molecule has 144 valence electrons. The van der Waals surface area contributed by atoms with Crippen LogP contribution >= 0.6 is 11.6 Å². The largest absolute Gasteiger partial charge is 0.497 e. The smallest absolute Gasteiger partial charge is 0.261 e. The van der Waals surface area contributed by atoms with Gasteiger partial charge in [-0.2, -0.15) is 0 Å². The van der Waals surface area contributed by atoms with E-state index in [2.05, 4.69) is 5.32 Å². The number of methoxy groups -OCH3 is 1. The van der Waals surface area contributed by atoms with Gasteiger partial charge >= 0.3 is 0 Å². The maximum atomic E-state index is 12.7. The first-order chi connectivity index (χ1) is 12.9. The van der Waals surface area contributed by atoms with Crippen LogP contribution in [0.2, 0.25) is 5.02 Å². The van der Waals surface area contributed by atoms with Crippen molar-refractivity contribution < 1.29 is 19.1 Å². The van der Waals surface area contributed by atoms with E-state index in [1.54, 1.807) is 50.4 Å². The normalized spacial score (nSPS) is 11.4. The highest BCUT2D eigenvalue weighted by molar-refractivity contribution is 6.30. The van der Waals surface area contributed by atoms with Crippen molar-refractivity contribution in [3.8, 4) is 11.5 Å². The number of likely N-dealkylation sites (N-methyl/N-ethyl adjacent to an activating group) is 1. The van der Waals surface area contributed by atoms with Crippen molar-refractivity contribution >= 4 is 23.4 Å². The molecule has 1 atom stereocenters. The maximum absolute atomic E-state index is 12.7. The van der Waals surface area contributed by atoms with E-state index in [-0.39, 0.29) is 25.0 Å². The standard InChI is InChI=1S/C20H23ClN2O4/c1-14(20(25)22-2)23(12-15-4-6-16(21)7-5-15)19(24)13-27-18-10-8-17(26-3)9-11-18/h4-11,14H,12-13H2,1-3H3,(H,22,25). The van der Waals surface area contributed by atoms with E-state index in [4.69, 9.17) is 21.1 Å². The summed E-state index contributed by atoms with van der Waals surface area (Å²) in [5.41, 5.74) is 0.868. The molecule has 7 heteroatoms. The average molecular weight is 391 g/mol. The number of carbonyl (C=O) groups is 2. The van der Waals surface area contributed by atoms with Crippen molar-refractivity contribution in [1.29, 1.82) is 0 Å². The number of nitrogens with one attached hydrogen (secondary N) is 1. The second kappa shape index (κ2) is 9.83. The average Bonchev–Trinajstić information content (AvgIpc) is 2.70. The third kappa shape index (κ3) is 5.89.